The van der Waals surface area contributed by atoms with E-state index in [0.717, 1.165) is 6.54 Å². The highest BCUT2D eigenvalue weighted by atomic mass is 16.5. The van der Waals surface area contributed by atoms with Crippen LogP contribution >= 0.6 is 0 Å². The van der Waals surface area contributed by atoms with Gasteiger partial charge in [-0.3, -0.25) is 0 Å². The summed E-state index contributed by atoms with van der Waals surface area (Å²) in [5.41, 5.74) is 0. The Morgan fingerprint density at radius 1 is 1.00 bits per heavy atom. The van der Waals surface area contributed by atoms with E-state index in [1.165, 1.54) is 0 Å². The molecule has 96 valence electrons. The second-order valence-corrected chi connectivity index (χ2v) is 3.31. The minimum atomic E-state index is 0.566. The van der Waals surface area contributed by atoms with Crippen LogP contribution in [0.25, 0.3) is 0 Å². The standard InChI is InChI=1S/C12H19NO4/c1-13-5-6-17-9-7-10(14-2)12(16-4)11(8-9)15-3/h7-8,13H,5-6H2,1-4H3. The van der Waals surface area contributed by atoms with Crippen molar-refractivity contribution in [2.75, 3.05) is 41.5 Å². The maximum absolute atomic E-state index is 5.55. The zero-order valence-electron chi connectivity index (χ0n) is 10.7. The third-order valence-electron chi connectivity index (χ3n) is 2.26. The Labute approximate surface area is 102 Å². The van der Waals surface area contributed by atoms with E-state index < -0.39 is 0 Å². The SMILES string of the molecule is CNCCOc1cc(OC)c(OC)c(OC)c1. The van der Waals surface area contributed by atoms with Crippen molar-refractivity contribution >= 4 is 0 Å². The number of nitrogens with one attached hydrogen (secondary N) is 1. The molecule has 0 heterocycles. The van der Waals surface area contributed by atoms with Gasteiger partial charge >= 0.3 is 0 Å². The van der Waals surface area contributed by atoms with E-state index in [-0.39, 0.29) is 0 Å². The van der Waals surface area contributed by atoms with Gasteiger partial charge in [-0.2, -0.15) is 0 Å². The quantitative estimate of drug-likeness (QED) is 0.729. The van der Waals surface area contributed by atoms with Gasteiger partial charge in [-0.15, -0.1) is 0 Å². The predicted octanol–water partition coefficient (Wildman–Crippen LogP) is 1.31. The molecule has 0 amide bonds. The molecule has 0 aromatic heterocycles. The van der Waals surface area contributed by atoms with Crippen LogP contribution in [0, 0.1) is 0 Å². The van der Waals surface area contributed by atoms with Crippen LogP contribution in [0.15, 0.2) is 12.1 Å². The molecule has 0 bridgehead atoms. The number of methoxy groups -OCH3 is 3. The molecule has 1 aromatic carbocycles. The van der Waals surface area contributed by atoms with Gasteiger partial charge in [-0.05, 0) is 7.05 Å². The maximum Gasteiger partial charge on any atom is 0.203 e. The summed E-state index contributed by atoms with van der Waals surface area (Å²) in [6.45, 7) is 1.35. The van der Waals surface area contributed by atoms with Gasteiger partial charge in [0.1, 0.15) is 12.4 Å². The Balaban J connectivity index is 2.92. The highest BCUT2D eigenvalue weighted by molar-refractivity contribution is 5.55. The lowest BCUT2D eigenvalue weighted by Gasteiger charge is -2.14. The van der Waals surface area contributed by atoms with E-state index in [1.54, 1.807) is 33.5 Å². The topological polar surface area (TPSA) is 49.0 Å². The Morgan fingerprint density at radius 2 is 1.59 bits per heavy atom. The fourth-order valence-corrected chi connectivity index (χ4v) is 1.41. The normalized spacial score (nSPS) is 9.88. The number of rotatable bonds is 7. The molecule has 1 aromatic rings. The minimum absolute atomic E-state index is 0.566. The Kier molecular flexibility index (Phi) is 5.42. The fraction of sp³-hybridized carbons (Fsp3) is 0.500. The third-order valence-corrected chi connectivity index (χ3v) is 2.26. The van der Waals surface area contributed by atoms with Crippen molar-refractivity contribution in [2.24, 2.45) is 0 Å². The monoisotopic (exact) mass is 241 g/mol. The van der Waals surface area contributed by atoms with Gasteiger partial charge in [0.15, 0.2) is 11.5 Å². The van der Waals surface area contributed by atoms with Crippen molar-refractivity contribution in [2.45, 2.75) is 0 Å². The number of benzene rings is 1. The van der Waals surface area contributed by atoms with Gasteiger partial charge in [-0.25, -0.2) is 0 Å². The van der Waals surface area contributed by atoms with E-state index in [2.05, 4.69) is 5.32 Å². The average molecular weight is 241 g/mol. The summed E-state index contributed by atoms with van der Waals surface area (Å²) in [6.07, 6.45) is 0. The van der Waals surface area contributed by atoms with Crippen LogP contribution < -0.4 is 24.3 Å². The highest BCUT2D eigenvalue weighted by Crippen LogP contribution is 2.40. The van der Waals surface area contributed by atoms with Crippen LogP contribution in [0.1, 0.15) is 0 Å². The van der Waals surface area contributed by atoms with Gasteiger partial charge in [0.25, 0.3) is 0 Å². The van der Waals surface area contributed by atoms with Crippen LogP contribution in [-0.2, 0) is 0 Å². The number of hydrogen-bond acceptors (Lipinski definition) is 5. The minimum Gasteiger partial charge on any atom is -0.493 e. The van der Waals surface area contributed by atoms with Crippen LogP contribution in [0.3, 0.4) is 0 Å². The first-order valence-corrected chi connectivity index (χ1v) is 5.34. The molecule has 0 fully saturated rings. The lowest BCUT2D eigenvalue weighted by Crippen LogP contribution is -2.16. The molecule has 0 aliphatic carbocycles. The first kappa shape index (κ1) is 13.4. The van der Waals surface area contributed by atoms with E-state index in [9.17, 15) is 0 Å². The molecule has 0 saturated heterocycles. The molecular formula is C12H19NO4. The van der Waals surface area contributed by atoms with Crippen LogP contribution in [0.2, 0.25) is 0 Å². The molecule has 0 spiro atoms. The van der Waals surface area contributed by atoms with E-state index in [4.69, 9.17) is 18.9 Å². The molecule has 0 aliphatic rings. The van der Waals surface area contributed by atoms with Crippen molar-refractivity contribution in [3.63, 3.8) is 0 Å². The molecule has 17 heavy (non-hydrogen) atoms. The van der Waals surface area contributed by atoms with Crippen LogP contribution in [0.5, 0.6) is 23.0 Å². The average Bonchev–Trinajstić information content (AvgIpc) is 2.37. The summed E-state index contributed by atoms with van der Waals surface area (Å²) in [5, 5.41) is 3.01. The van der Waals surface area contributed by atoms with Crippen molar-refractivity contribution in [3.05, 3.63) is 12.1 Å². The molecule has 1 rings (SSSR count). The van der Waals surface area contributed by atoms with Gasteiger partial charge in [0, 0.05) is 18.7 Å². The Morgan fingerprint density at radius 3 is 2.00 bits per heavy atom. The largest absolute Gasteiger partial charge is 0.493 e. The van der Waals surface area contributed by atoms with Gasteiger partial charge in [-0.1, -0.05) is 0 Å². The van der Waals surface area contributed by atoms with Crippen LogP contribution in [-0.4, -0.2) is 41.5 Å². The Bertz CT molecular complexity index is 329. The van der Waals surface area contributed by atoms with Crippen molar-refractivity contribution in [3.8, 4) is 23.0 Å². The highest BCUT2D eigenvalue weighted by Gasteiger charge is 2.13. The van der Waals surface area contributed by atoms with E-state index in [0.29, 0.717) is 29.6 Å². The van der Waals surface area contributed by atoms with Crippen LogP contribution in [0.4, 0.5) is 0 Å². The predicted molar refractivity (Wildman–Crippen MR) is 65.5 cm³/mol. The van der Waals surface area contributed by atoms with Crippen molar-refractivity contribution < 1.29 is 18.9 Å². The summed E-state index contributed by atoms with van der Waals surface area (Å²) in [7, 11) is 6.60. The summed E-state index contributed by atoms with van der Waals surface area (Å²) >= 11 is 0. The second-order valence-electron chi connectivity index (χ2n) is 3.31. The molecule has 0 atom stereocenters. The van der Waals surface area contributed by atoms with Crippen molar-refractivity contribution in [1.82, 2.24) is 5.32 Å². The van der Waals surface area contributed by atoms with E-state index >= 15 is 0 Å². The molecule has 5 heteroatoms. The molecular weight excluding hydrogens is 222 g/mol. The molecule has 5 nitrogen and oxygen atoms in total. The summed E-state index contributed by atoms with van der Waals surface area (Å²) < 4.78 is 21.2. The molecule has 1 N–H and O–H groups in total. The van der Waals surface area contributed by atoms with E-state index in [1.807, 2.05) is 7.05 Å². The molecule has 0 radical (unpaired) electrons. The lowest BCUT2D eigenvalue weighted by molar-refractivity contribution is 0.299. The molecule has 0 aliphatic heterocycles. The van der Waals surface area contributed by atoms with Gasteiger partial charge in [0.05, 0.1) is 21.3 Å². The summed E-state index contributed by atoms with van der Waals surface area (Å²) in [4.78, 5) is 0. The number of hydrogen-bond donors (Lipinski definition) is 1. The zero-order chi connectivity index (χ0) is 12.7. The fourth-order valence-electron chi connectivity index (χ4n) is 1.41. The number of likely N-dealkylation sites (N-methyl/N-ethyl adjacent to an activating group) is 1. The van der Waals surface area contributed by atoms with Gasteiger partial charge in [0.2, 0.25) is 5.75 Å². The van der Waals surface area contributed by atoms with Crippen molar-refractivity contribution in [1.29, 1.82) is 0 Å². The summed E-state index contributed by atoms with van der Waals surface area (Å²) in [6, 6.07) is 3.55. The lowest BCUT2D eigenvalue weighted by atomic mass is 10.2. The zero-order valence-corrected chi connectivity index (χ0v) is 10.7. The molecule has 0 saturated carbocycles. The third kappa shape index (κ3) is 3.42. The summed E-state index contributed by atoms with van der Waals surface area (Å²) in [5.74, 6) is 2.43. The van der Waals surface area contributed by atoms with Gasteiger partial charge < -0.3 is 24.3 Å². The smallest absolute Gasteiger partial charge is 0.203 e. The maximum atomic E-state index is 5.55. The first-order valence-electron chi connectivity index (χ1n) is 5.34. The first-order chi connectivity index (χ1) is 8.26. The Hall–Kier alpha value is -1.62. The molecule has 0 unspecified atom stereocenters. The number of ether oxygens (including phenoxy) is 4. The second kappa shape index (κ2) is 6.85.